The van der Waals surface area contributed by atoms with E-state index in [1.165, 1.54) is 25.3 Å². The molecule has 0 bridgehead atoms. The minimum atomic E-state index is -1.06. The number of rotatable bonds is 7. The lowest BCUT2D eigenvalue weighted by atomic mass is 10.0. The topological polar surface area (TPSA) is 108 Å². The fourth-order valence-corrected chi connectivity index (χ4v) is 1.60. The molecule has 1 aromatic carbocycles. The molecule has 1 rings (SSSR count). The van der Waals surface area contributed by atoms with Crippen LogP contribution in [0.15, 0.2) is 18.2 Å². The van der Waals surface area contributed by atoms with E-state index < -0.39 is 10.5 Å². The Labute approximate surface area is 116 Å². The van der Waals surface area contributed by atoms with Crippen LogP contribution in [0.4, 0.5) is 11.4 Å². The summed E-state index contributed by atoms with van der Waals surface area (Å²) >= 11 is 0. The zero-order valence-electron chi connectivity index (χ0n) is 11.4. The molecule has 2 N–H and O–H groups in total. The number of hydrogen-bond donors (Lipinski definition) is 2. The smallest absolute Gasteiger partial charge is 0.292 e. The number of anilines is 1. The molecule has 0 aromatic heterocycles. The molecule has 0 amide bonds. The summed E-state index contributed by atoms with van der Waals surface area (Å²) in [5.74, 6) is 0. The van der Waals surface area contributed by atoms with Crippen molar-refractivity contribution < 1.29 is 14.8 Å². The number of nitrogens with one attached hydrogen (secondary N) is 1. The summed E-state index contributed by atoms with van der Waals surface area (Å²) in [5.41, 5.74) is -0.667. The molecule has 0 aliphatic carbocycles. The number of nitriles is 1. The summed E-state index contributed by atoms with van der Waals surface area (Å²) in [7, 11) is 1.53. The highest BCUT2D eigenvalue weighted by molar-refractivity contribution is 5.64. The largest absolute Gasteiger partial charge is 0.388 e. The van der Waals surface area contributed by atoms with Crippen LogP contribution in [-0.2, 0) is 4.74 Å². The molecule has 0 aliphatic heterocycles. The van der Waals surface area contributed by atoms with Crippen molar-refractivity contribution in [3.05, 3.63) is 33.9 Å². The minimum absolute atomic E-state index is 0.117. The van der Waals surface area contributed by atoms with Crippen molar-refractivity contribution in [3.63, 3.8) is 0 Å². The Morgan fingerprint density at radius 2 is 2.30 bits per heavy atom. The van der Waals surface area contributed by atoms with Crippen LogP contribution >= 0.6 is 0 Å². The second-order valence-corrected chi connectivity index (χ2v) is 4.69. The number of nitrogens with zero attached hydrogens (tertiary/aromatic N) is 2. The van der Waals surface area contributed by atoms with Gasteiger partial charge >= 0.3 is 0 Å². The van der Waals surface area contributed by atoms with Gasteiger partial charge in [-0.15, -0.1) is 0 Å². The fraction of sp³-hybridized carbons (Fsp3) is 0.462. The SMILES string of the molecule is COCCC(C)(O)CNc1cc(C#N)ccc1[N+](=O)[O-]. The highest BCUT2D eigenvalue weighted by atomic mass is 16.6. The van der Waals surface area contributed by atoms with Crippen molar-refractivity contribution in [3.8, 4) is 6.07 Å². The maximum absolute atomic E-state index is 10.9. The number of ether oxygens (including phenoxy) is 1. The monoisotopic (exact) mass is 279 g/mol. The van der Waals surface area contributed by atoms with Gasteiger partial charge in [0.15, 0.2) is 0 Å². The van der Waals surface area contributed by atoms with Crippen LogP contribution in [0.2, 0.25) is 0 Å². The first-order valence-corrected chi connectivity index (χ1v) is 6.03. The van der Waals surface area contributed by atoms with Crippen LogP contribution in [0.25, 0.3) is 0 Å². The summed E-state index contributed by atoms with van der Waals surface area (Å²) < 4.78 is 4.89. The van der Waals surface area contributed by atoms with Crippen LogP contribution in [-0.4, -0.2) is 35.9 Å². The first-order chi connectivity index (χ1) is 9.39. The zero-order chi connectivity index (χ0) is 15.2. The molecule has 0 saturated heterocycles. The number of aliphatic hydroxyl groups is 1. The number of nitro groups is 1. The van der Waals surface area contributed by atoms with Crippen molar-refractivity contribution in [2.24, 2.45) is 0 Å². The van der Waals surface area contributed by atoms with Crippen LogP contribution < -0.4 is 5.32 Å². The Bertz CT molecular complexity index is 523. The van der Waals surface area contributed by atoms with E-state index in [0.717, 1.165) is 0 Å². The Kier molecular flexibility index (Phi) is 5.43. The van der Waals surface area contributed by atoms with Gasteiger partial charge in [-0.25, -0.2) is 0 Å². The molecule has 7 nitrogen and oxygen atoms in total. The molecule has 0 radical (unpaired) electrons. The van der Waals surface area contributed by atoms with Crippen molar-refractivity contribution in [2.75, 3.05) is 25.6 Å². The van der Waals surface area contributed by atoms with Gasteiger partial charge in [0.2, 0.25) is 0 Å². The second kappa shape index (κ2) is 6.84. The molecule has 0 saturated carbocycles. The quantitative estimate of drug-likeness (QED) is 0.580. The molecular weight excluding hydrogens is 262 g/mol. The summed E-state index contributed by atoms with van der Waals surface area (Å²) in [5, 5.41) is 32.6. The van der Waals surface area contributed by atoms with Crippen molar-refractivity contribution >= 4 is 11.4 Å². The van der Waals surface area contributed by atoms with Gasteiger partial charge in [-0.3, -0.25) is 10.1 Å². The van der Waals surface area contributed by atoms with E-state index in [-0.39, 0.29) is 17.9 Å². The van der Waals surface area contributed by atoms with E-state index in [2.05, 4.69) is 5.32 Å². The lowest BCUT2D eigenvalue weighted by Crippen LogP contribution is -2.34. The van der Waals surface area contributed by atoms with Crippen LogP contribution in [0, 0.1) is 21.4 Å². The molecule has 0 spiro atoms. The summed E-state index contributed by atoms with van der Waals surface area (Å²) in [6.07, 6.45) is 0.391. The van der Waals surface area contributed by atoms with E-state index in [1.807, 2.05) is 6.07 Å². The lowest BCUT2D eigenvalue weighted by molar-refractivity contribution is -0.384. The highest BCUT2D eigenvalue weighted by Crippen LogP contribution is 2.26. The van der Waals surface area contributed by atoms with Gasteiger partial charge in [0.05, 0.1) is 22.2 Å². The molecule has 0 heterocycles. The molecule has 0 aliphatic rings. The Hall–Kier alpha value is -2.17. The van der Waals surface area contributed by atoms with E-state index in [4.69, 9.17) is 10.00 Å². The molecular formula is C13H17N3O4. The standard InChI is InChI=1S/C13H17N3O4/c1-13(17,5-6-20-2)9-15-11-7-10(8-14)3-4-12(11)16(18)19/h3-4,7,15,17H,5-6,9H2,1-2H3. The number of nitro benzene ring substituents is 1. The predicted octanol–water partition coefficient (Wildman–Crippen LogP) is 1.67. The van der Waals surface area contributed by atoms with E-state index in [0.29, 0.717) is 18.6 Å². The van der Waals surface area contributed by atoms with Gasteiger partial charge in [-0.05, 0) is 19.1 Å². The lowest BCUT2D eigenvalue weighted by Gasteiger charge is -2.23. The van der Waals surface area contributed by atoms with Crippen molar-refractivity contribution in [1.29, 1.82) is 5.26 Å². The Balaban J connectivity index is 2.85. The van der Waals surface area contributed by atoms with E-state index in [9.17, 15) is 15.2 Å². The third-order valence-corrected chi connectivity index (χ3v) is 2.83. The summed E-state index contributed by atoms with van der Waals surface area (Å²) in [6.45, 7) is 2.11. The molecule has 1 atom stereocenters. The number of benzene rings is 1. The fourth-order valence-electron chi connectivity index (χ4n) is 1.60. The third-order valence-electron chi connectivity index (χ3n) is 2.83. The molecule has 0 fully saturated rings. The highest BCUT2D eigenvalue weighted by Gasteiger charge is 2.22. The maximum Gasteiger partial charge on any atom is 0.292 e. The summed E-state index contributed by atoms with van der Waals surface area (Å²) in [6, 6.07) is 5.96. The van der Waals surface area contributed by atoms with Gasteiger partial charge in [-0.2, -0.15) is 5.26 Å². The van der Waals surface area contributed by atoms with Crippen molar-refractivity contribution in [2.45, 2.75) is 18.9 Å². The predicted molar refractivity (Wildman–Crippen MR) is 73.4 cm³/mol. The van der Waals surface area contributed by atoms with Gasteiger partial charge < -0.3 is 15.2 Å². The zero-order valence-corrected chi connectivity index (χ0v) is 11.4. The van der Waals surface area contributed by atoms with Gasteiger partial charge in [0.25, 0.3) is 5.69 Å². The minimum Gasteiger partial charge on any atom is -0.388 e. The Morgan fingerprint density at radius 1 is 1.60 bits per heavy atom. The van der Waals surface area contributed by atoms with Crippen LogP contribution in [0.1, 0.15) is 18.9 Å². The van der Waals surface area contributed by atoms with E-state index in [1.54, 1.807) is 6.92 Å². The molecule has 1 aromatic rings. The molecule has 7 heteroatoms. The number of methoxy groups -OCH3 is 1. The Morgan fingerprint density at radius 3 is 2.85 bits per heavy atom. The maximum atomic E-state index is 10.9. The number of hydrogen-bond acceptors (Lipinski definition) is 6. The van der Waals surface area contributed by atoms with Gasteiger partial charge in [0.1, 0.15) is 5.69 Å². The van der Waals surface area contributed by atoms with Gasteiger partial charge in [0, 0.05) is 32.7 Å². The normalized spacial score (nSPS) is 13.3. The first-order valence-electron chi connectivity index (χ1n) is 6.03. The molecule has 108 valence electrons. The average Bonchev–Trinajstić information content (AvgIpc) is 2.42. The summed E-state index contributed by atoms with van der Waals surface area (Å²) in [4.78, 5) is 10.4. The first kappa shape index (κ1) is 15.9. The molecule has 20 heavy (non-hydrogen) atoms. The van der Waals surface area contributed by atoms with Gasteiger partial charge in [-0.1, -0.05) is 0 Å². The van der Waals surface area contributed by atoms with E-state index >= 15 is 0 Å². The van der Waals surface area contributed by atoms with Crippen molar-refractivity contribution in [1.82, 2.24) is 0 Å². The van der Waals surface area contributed by atoms with Crippen LogP contribution in [0.5, 0.6) is 0 Å². The van der Waals surface area contributed by atoms with Crippen LogP contribution in [0.3, 0.4) is 0 Å². The second-order valence-electron chi connectivity index (χ2n) is 4.69. The molecule has 1 unspecified atom stereocenters. The average molecular weight is 279 g/mol. The third kappa shape index (κ3) is 4.50.